The Hall–Kier alpha value is -1.95. The van der Waals surface area contributed by atoms with Gasteiger partial charge in [0, 0.05) is 19.2 Å². The highest BCUT2D eigenvalue weighted by molar-refractivity contribution is 5.84. The van der Waals surface area contributed by atoms with Crippen LogP contribution < -0.4 is 5.32 Å². The molecule has 0 spiro atoms. The summed E-state index contributed by atoms with van der Waals surface area (Å²) in [6.45, 7) is 0.967. The van der Waals surface area contributed by atoms with E-state index in [4.69, 9.17) is 4.74 Å². The zero-order chi connectivity index (χ0) is 16.7. The number of hydrogen-bond acceptors (Lipinski definition) is 3. The van der Waals surface area contributed by atoms with Crippen LogP contribution in [0.1, 0.15) is 24.8 Å². The Bertz CT molecular complexity index is 661. The van der Waals surface area contributed by atoms with Crippen LogP contribution in [0.5, 0.6) is 0 Å². The third-order valence-corrected chi connectivity index (χ3v) is 5.12. The van der Waals surface area contributed by atoms with Crippen LogP contribution in [0, 0.1) is 11.7 Å². The van der Waals surface area contributed by atoms with Gasteiger partial charge in [0.1, 0.15) is 5.82 Å². The van der Waals surface area contributed by atoms with Gasteiger partial charge < -0.3 is 15.0 Å². The van der Waals surface area contributed by atoms with Crippen molar-refractivity contribution in [3.63, 3.8) is 0 Å². The van der Waals surface area contributed by atoms with Crippen molar-refractivity contribution in [2.45, 2.75) is 43.9 Å². The molecular weight excluding hydrogens is 311 g/mol. The number of likely N-dealkylation sites (tertiary alicyclic amines) is 1. The predicted octanol–water partition coefficient (Wildman–Crippen LogP) is 1.26. The van der Waals surface area contributed by atoms with E-state index in [1.165, 1.54) is 12.1 Å². The van der Waals surface area contributed by atoms with Crippen molar-refractivity contribution >= 4 is 11.8 Å². The summed E-state index contributed by atoms with van der Waals surface area (Å²) in [7, 11) is 0. The average Bonchev–Trinajstić information content (AvgIpc) is 3.09. The standard InChI is InChI=1S/C18H21FN2O3/c19-12-3-1-2-11(8-12)9-16(22)21-10-14(17-15(21)6-7-24-17)18(23)20-13-4-5-13/h1-3,8,13-15,17H,4-7,9-10H2,(H,20,23)/t14-,15-,17-/m1/s1. The number of ether oxygens (including phenoxy) is 1. The maximum Gasteiger partial charge on any atom is 0.227 e. The summed E-state index contributed by atoms with van der Waals surface area (Å²) >= 11 is 0. The van der Waals surface area contributed by atoms with Gasteiger partial charge in [0.2, 0.25) is 11.8 Å². The smallest absolute Gasteiger partial charge is 0.227 e. The van der Waals surface area contributed by atoms with Gasteiger partial charge in [-0.15, -0.1) is 0 Å². The summed E-state index contributed by atoms with van der Waals surface area (Å²) in [6, 6.07) is 6.36. The van der Waals surface area contributed by atoms with Crippen LogP contribution in [0.3, 0.4) is 0 Å². The van der Waals surface area contributed by atoms with Crippen LogP contribution in [0.15, 0.2) is 24.3 Å². The summed E-state index contributed by atoms with van der Waals surface area (Å²) < 4.78 is 19.1. The molecule has 0 radical (unpaired) electrons. The lowest BCUT2D eigenvalue weighted by Gasteiger charge is -2.22. The normalized spacial score (nSPS) is 28.7. The van der Waals surface area contributed by atoms with Gasteiger partial charge in [-0.3, -0.25) is 9.59 Å². The fourth-order valence-electron chi connectivity index (χ4n) is 3.75. The van der Waals surface area contributed by atoms with Crippen LogP contribution in [0.4, 0.5) is 4.39 Å². The molecule has 3 atom stereocenters. The third-order valence-electron chi connectivity index (χ3n) is 5.12. The highest BCUT2D eigenvalue weighted by atomic mass is 19.1. The minimum Gasteiger partial charge on any atom is -0.375 e. The van der Waals surface area contributed by atoms with Gasteiger partial charge in [-0.05, 0) is 37.0 Å². The lowest BCUT2D eigenvalue weighted by molar-refractivity contribution is -0.131. The first kappa shape index (κ1) is 15.6. The van der Waals surface area contributed by atoms with Crippen molar-refractivity contribution in [1.82, 2.24) is 10.2 Å². The summed E-state index contributed by atoms with van der Waals surface area (Å²) in [5.41, 5.74) is 0.654. The number of halogens is 1. The molecule has 2 aliphatic heterocycles. The van der Waals surface area contributed by atoms with Crippen molar-refractivity contribution < 1.29 is 18.7 Å². The molecular formula is C18H21FN2O3. The van der Waals surface area contributed by atoms with Crippen molar-refractivity contribution in [1.29, 1.82) is 0 Å². The number of rotatable bonds is 4. The molecule has 24 heavy (non-hydrogen) atoms. The van der Waals surface area contributed by atoms with Gasteiger partial charge in [-0.1, -0.05) is 12.1 Å². The number of carbonyl (C=O) groups is 2. The lowest BCUT2D eigenvalue weighted by atomic mass is 10.0. The molecule has 2 heterocycles. The molecule has 0 bridgehead atoms. The molecule has 128 valence electrons. The Labute approximate surface area is 140 Å². The Morgan fingerprint density at radius 1 is 1.29 bits per heavy atom. The second-order valence-electron chi connectivity index (χ2n) is 6.93. The Morgan fingerprint density at radius 3 is 2.88 bits per heavy atom. The molecule has 6 heteroatoms. The maximum atomic E-state index is 13.3. The fourth-order valence-corrected chi connectivity index (χ4v) is 3.75. The molecule has 4 rings (SSSR count). The average molecular weight is 332 g/mol. The minimum absolute atomic E-state index is 0.00421. The molecule has 1 aromatic carbocycles. The van der Waals surface area contributed by atoms with Crippen molar-refractivity contribution in [2.75, 3.05) is 13.2 Å². The maximum absolute atomic E-state index is 13.3. The number of hydrogen-bond donors (Lipinski definition) is 1. The lowest BCUT2D eigenvalue weighted by Crippen LogP contribution is -2.39. The topological polar surface area (TPSA) is 58.6 Å². The fraction of sp³-hybridized carbons (Fsp3) is 0.556. The molecule has 1 aromatic rings. The highest BCUT2D eigenvalue weighted by Gasteiger charge is 2.50. The van der Waals surface area contributed by atoms with Gasteiger partial charge >= 0.3 is 0 Å². The van der Waals surface area contributed by atoms with Crippen molar-refractivity contribution in [3.8, 4) is 0 Å². The molecule has 2 saturated heterocycles. The molecule has 1 saturated carbocycles. The molecule has 0 unspecified atom stereocenters. The number of benzene rings is 1. The van der Waals surface area contributed by atoms with Gasteiger partial charge in [0.05, 0.1) is 24.5 Å². The largest absolute Gasteiger partial charge is 0.375 e. The predicted molar refractivity (Wildman–Crippen MR) is 84.6 cm³/mol. The molecule has 1 N–H and O–H groups in total. The first-order valence-electron chi connectivity index (χ1n) is 8.58. The van der Waals surface area contributed by atoms with E-state index in [-0.39, 0.29) is 42.1 Å². The summed E-state index contributed by atoms with van der Waals surface area (Å²) in [4.78, 5) is 26.9. The summed E-state index contributed by atoms with van der Waals surface area (Å²) in [6.07, 6.45) is 2.77. The minimum atomic E-state index is -0.342. The Balaban J connectivity index is 1.46. The zero-order valence-corrected chi connectivity index (χ0v) is 13.4. The van der Waals surface area contributed by atoms with E-state index < -0.39 is 0 Å². The number of carbonyl (C=O) groups excluding carboxylic acids is 2. The Morgan fingerprint density at radius 2 is 2.12 bits per heavy atom. The highest BCUT2D eigenvalue weighted by Crippen LogP contribution is 2.34. The van der Waals surface area contributed by atoms with E-state index in [9.17, 15) is 14.0 Å². The van der Waals surface area contributed by atoms with Crippen molar-refractivity contribution in [3.05, 3.63) is 35.6 Å². The first-order valence-corrected chi connectivity index (χ1v) is 8.58. The number of nitrogens with one attached hydrogen (secondary N) is 1. The summed E-state index contributed by atoms with van der Waals surface area (Å²) in [5.74, 6) is -0.710. The van der Waals surface area contributed by atoms with E-state index in [0.29, 0.717) is 24.8 Å². The molecule has 5 nitrogen and oxygen atoms in total. The Kier molecular flexibility index (Phi) is 4.00. The summed E-state index contributed by atoms with van der Waals surface area (Å²) in [5, 5.41) is 3.02. The molecule has 3 fully saturated rings. The van der Waals surface area contributed by atoms with E-state index in [2.05, 4.69) is 5.32 Å². The second-order valence-corrected chi connectivity index (χ2v) is 6.93. The number of fused-ring (bicyclic) bond motifs is 1. The van der Waals surface area contributed by atoms with Crippen LogP contribution in [0.2, 0.25) is 0 Å². The number of amides is 2. The molecule has 0 aromatic heterocycles. The quantitative estimate of drug-likeness (QED) is 0.903. The second kappa shape index (κ2) is 6.16. The van der Waals surface area contributed by atoms with E-state index in [1.54, 1.807) is 17.0 Å². The van der Waals surface area contributed by atoms with Crippen LogP contribution >= 0.6 is 0 Å². The van der Waals surface area contributed by atoms with E-state index in [1.807, 2.05) is 0 Å². The van der Waals surface area contributed by atoms with Gasteiger partial charge in [-0.25, -0.2) is 4.39 Å². The zero-order valence-electron chi connectivity index (χ0n) is 13.4. The monoisotopic (exact) mass is 332 g/mol. The molecule has 2 amide bonds. The van der Waals surface area contributed by atoms with Gasteiger partial charge in [-0.2, -0.15) is 0 Å². The van der Waals surface area contributed by atoms with Crippen LogP contribution in [0.25, 0.3) is 0 Å². The van der Waals surface area contributed by atoms with Crippen LogP contribution in [-0.4, -0.2) is 48.1 Å². The number of nitrogens with zero attached hydrogens (tertiary/aromatic N) is 1. The molecule has 3 aliphatic rings. The van der Waals surface area contributed by atoms with Gasteiger partial charge in [0.15, 0.2) is 0 Å². The first-order chi connectivity index (χ1) is 11.6. The van der Waals surface area contributed by atoms with E-state index in [0.717, 1.165) is 19.3 Å². The van der Waals surface area contributed by atoms with E-state index >= 15 is 0 Å². The molecule has 1 aliphatic carbocycles. The van der Waals surface area contributed by atoms with Crippen LogP contribution in [-0.2, 0) is 20.7 Å². The van der Waals surface area contributed by atoms with Gasteiger partial charge in [0.25, 0.3) is 0 Å². The van der Waals surface area contributed by atoms with Crippen molar-refractivity contribution in [2.24, 2.45) is 5.92 Å². The SMILES string of the molecule is O=C(NC1CC1)[C@@H]1CN(C(=O)Cc2cccc(F)c2)[C@@H]2CCO[C@@H]21. The third kappa shape index (κ3) is 3.02.